The minimum Gasteiger partial charge on any atom is -0.384 e. The van der Waals surface area contributed by atoms with Crippen LogP contribution in [-0.2, 0) is 0 Å². The molecule has 2 heteroatoms. The Labute approximate surface area is 122 Å². The normalized spacial score (nSPS) is 23.1. The molecule has 1 N–H and O–H groups in total. The van der Waals surface area contributed by atoms with Gasteiger partial charge in [0, 0.05) is 37.8 Å². The summed E-state index contributed by atoms with van der Waals surface area (Å²) in [5, 5.41) is 3.53. The summed E-state index contributed by atoms with van der Waals surface area (Å²) < 4.78 is 0. The van der Waals surface area contributed by atoms with Crippen molar-refractivity contribution in [3.63, 3.8) is 0 Å². The number of anilines is 1. The zero-order chi connectivity index (χ0) is 14.2. The molecule has 0 amide bonds. The number of rotatable bonds is 2. The first-order valence-electron chi connectivity index (χ1n) is 7.79. The molecule has 0 aliphatic carbocycles. The van der Waals surface area contributed by atoms with Gasteiger partial charge >= 0.3 is 0 Å². The lowest BCUT2D eigenvalue weighted by atomic mass is 9.83. The standard InChI is InChI=1S/C18H26N2/c1-18(2,3)15-8-10-20(11-9-15)13-14-12-19-17-7-5-4-6-16(14)17/h4-8,14,19H,9-13H2,1-3H3. The van der Waals surface area contributed by atoms with E-state index < -0.39 is 0 Å². The van der Waals surface area contributed by atoms with Gasteiger partial charge in [0.25, 0.3) is 0 Å². The highest BCUT2D eigenvalue weighted by molar-refractivity contribution is 5.57. The first-order chi connectivity index (χ1) is 9.54. The van der Waals surface area contributed by atoms with Gasteiger partial charge in [0.05, 0.1) is 0 Å². The molecule has 0 saturated heterocycles. The maximum atomic E-state index is 3.53. The quantitative estimate of drug-likeness (QED) is 0.821. The number of para-hydroxylation sites is 1. The van der Waals surface area contributed by atoms with Crippen molar-refractivity contribution in [2.75, 3.05) is 31.5 Å². The van der Waals surface area contributed by atoms with Crippen LogP contribution < -0.4 is 5.32 Å². The molecule has 0 aromatic heterocycles. The Morgan fingerprint density at radius 3 is 2.75 bits per heavy atom. The second-order valence-electron chi connectivity index (χ2n) is 7.15. The van der Waals surface area contributed by atoms with E-state index >= 15 is 0 Å². The van der Waals surface area contributed by atoms with Gasteiger partial charge in [-0.3, -0.25) is 4.90 Å². The van der Waals surface area contributed by atoms with Crippen LogP contribution in [-0.4, -0.2) is 31.1 Å². The molecule has 0 bridgehead atoms. The molecule has 2 aliphatic heterocycles. The molecule has 1 aromatic carbocycles. The van der Waals surface area contributed by atoms with Crippen molar-refractivity contribution in [3.05, 3.63) is 41.5 Å². The lowest BCUT2D eigenvalue weighted by molar-refractivity contribution is 0.266. The summed E-state index contributed by atoms with van der Waals surface area (Å²) in [6, 6.07) is 8.75. The Morgan fingerprint density at radius 2 is 2.05 bits per heavy atom. The summed E-state index contributed by atoms with van der Waals surface area (Å²) in [6.45, 7) is 11.6. The molecule has 1 atom stereocenters. The zero-order valence-electron chi connectivity index (χ0n) is 12.9. The summed E-state index contributed by atoms with van der Waals surface area (Å²) >= 11 is 0. The van der Waals surface area contributed by atoms with Gasteiger partial charge in [0.15, 0.2) is 0 Å². The Bertz CT molecular complexity index is 510. The number of hydrogen-bond acceptors (Lipinski definition) is 2. The third kappa shape index (κ3) is 2.76. The predicted octanol–water partition coefficient (Wildman–Crippen LogP) is 3.87. The molecule has 0 fully saturated rings. The van der Waals surface area contributed by atoms with Crippen LogP contribution in [0.5, 0.6) is 0 Å². The molecule has 2 heterocycles. The second-order valence-corrected chi connectivity index (χ2v) is 7.15. The summed E-state index contributed by atoms with van der Waals surface area (Å²) in [5.74, 6) is 0.649. The van der Waals surface area contributed by atoms with Crippen molar-refractivity contribution in [1.29, 1.82) is 0 Å². The topological polar surface area (TPSA) is 15.3 Å². The highest BCUT2D eigenvalue weighted by Crippen LogP contribution is 2.34. The number of fused-ring (bicyclic) bond motifs is 1. The SMILES string of the molecule is CC(C)(C)C1=CCN(CC2CNc3ccccc32)CC1. The van der Waals surface area contributed by atoms with Crippen LogP contribution in [0.4, 0.5) is 5.69 Å². The summed E-state index contributed by atoms with van der Waals surface area (Å²) in [4.78, 5) is 2.60. The van der Waals surface area contributed by atoms with E-state index in [9.17, 15) is 0 Å². The van der Waals surface area contributed by atoms with Crippen molar-refractivity contribution in [3.8, 4) is 0 Å². The van der Waals surface area contributed by atoms with Gasteiger partial charge < -0.3 is 5.32 Å². The Morgan fingerprint density at radius 1 is 1.25 bits per heavy atom. The molecule has 2 nitrogen and oxygen atoms in total. The average Bonchev–Trinajstić information content (AvgIpc) is 2.82. The van der Waals surface area contributed by atoms with Crippen molar-refractivity contribution in [1.82, 2.24) is 4.90 Å². The van der Waals surface area contributed by atoms with E-state index in [0.717, 1.165) is 13.1 Å². The maximum absolute atomic E-state index is 3.53. The molecular formula is C18H26N2. The molecule has 0 spiro atoms. The number of nitrogens with zero attached hydrogens (tertiary/aromatic N) is 1. The molecule has 0 radical (unpaired) electrons. The van der Waals surface area contributed by atoms with E-state index in [2.05, 4.69) is 61.3 Å². The molecule has 20 heavy (non-hydrogen) atoms. The van der Waals surface area contributed by atoms with Gasteiger partial charge in [-0.25, -0.2) is 0 Å². The van der Waals surface area contributed by atoms with Crippen molar-refractivity contribution in [2.24, 2.45) is 5.41 Å². The Hall–Kier alpha value is -1.28. The molecular weight excluding hydrogens is 244 g/mol. The highest BCUT2D eigenvalue weighted by Gasteiger charge is 2.26. The summed E-state index contributed by atoms with van der Waals surface area (Å²) in [7, 11) is 0. The zero-order valence-corrected chi connectivity index (χ0v) is 12.9. The predicted molar refractivity (Wildman–Crippen MR) is 86.3 cm³/mol. The molecule has 1 aromatic rings. The monoisotopic (exact) mass is 270 g/mol. The smallest absolute Gasteiger partial charge is 0.0376 e. The van der Waals surface area contributed by atoms with Crippen LogP contribution in [0, 0.1) is 5.41 Å². The summed E-state index contributed by atoms with van der Waals surface area (Å²) in [5.41, 5.74) is 4.80. The van der Waals surface area contributed by atoms with Crippen LogP contribution in [0.25, 0.3) is 0 Å². The third-order valence-corrected chi connectivity index (χ3v) is 4.67. The fourth-order valence-electron chi connectivity index (χ4n) is 3.39. The van der Waals surface area contributed by atoms with E-state index in [-0.39, 0.29) is 0 Å². The molecule has 3 rings (SSSR count). The fraction of sp³-hybridized carbons (Fsp3) is 0.556. The number of nitrogens with one attached hydrogen (secondary N) is 1. The minimum absolute atomic E-state index is 0.341. The van der Waals surface area contributed by atoms with E-state index in [4.69, 9.17) is 0 Å². The fourth-order valence-corrected chi connectivity index (χ4v) is 3.39. The average molecular weight is 270 g/mol. The van der Waals surface area contributed by atoms with Crippen molar-refractivity contribution < 1.29 is 0 Å². The highest BCUT2D eigenvalue weighted by atomic mass is 15.1. The van der Waals surface area contributed by atoms with Gasteiger partial charge in [0.2, 0.25) is 0 Å². The maximum Gasteiger partial charge on any atom is 0.0376 e. The van der Waals surface area contributed by atoms with Gasteiger partial charge in [-0.15, -0.1) is 0 Å². The van der Waals surface area contributed by atoms with Gasteiger partial charge in [-0.05, 0) is 23.5 Å². The molecule has 2 aliphatic rings. The van der Waals surface area contributed by atoms with Crippen LogP contribution in [0.3, 0.4) is 0 Å². The third-order valence-electron chi connectivity index (χ3n) is 4.67. The number of hydrogen-bond donors (Lipinski definition) is 1. The van der Waals surface area contributed by atoms with E-state index in [0.29, 0.717) is 11.3 Å². The van der Waals surface area contributed by atoms with Crippen LogP contribution in [0.2, 0.25) is 0 Å². The first-order valence-corrected chi connectivity index (χ1v) is 7.79. The number of benzene rings is 1. The molecule has 1 unspecified atom stereocenters. The van der Waals surface area contributed by atoms with Gasteiger partial charge in [-0.2, -0.15) is 0 Å². The molecule has 0 saturated carbocycles. The van der Waals surface area contributed by atoms with Gasteiger partial charge in [-0.1, -0.05) is 50.6 Å². The Kier molecular flexibility index (Phi) is 3.59. The Balaban J connectivity index is 1.63. The van der Waals surface area contributed by atoms with E-state index in [1.165, 1.54) is 30.8 Å². The van der Waals surface area contributed by atoms with E-state index in [1.54, 1.807) is 5.57 Å². The van der Waals surface area contributed by atoms with E-state index in [1.807, 2.05) is 0 Å². The minimum atomic E-state index is 0.341. The first kappa shape index (κ1) is 13.7. The summed E-state index contributed by atoms with van der Waals surface area (Å²) in [6.07, 6.45) is 3.68. The van der Waals surface area contributed by atoms with Gasteiger partial charge in [0.1, 0.15) is 0 Å². The van der Waals surface area contributed by atoms with Crippen LogP contribution >= 0.6 is 0 Å². The molecule has 108 valence electrons. The van der Waals surface area contributed by atoms with Crippen LogP contribution in [0.1, 0.15) is 38.7 Å². The lowest BCUT2D eigenvalue weighted by Crippen LogP contribution is -2.34. The second kappa shape index (κ2) is 5.25. The van der Waals surface area contributed by atoms with Crippen molar-refractivity contribution >= 4 is 5.69 Å². The van der Waals surface area contributed by atoms with Crippen molar-refractivity contribution in [2.45, 2.75) is 33.1 Å². The largest absolute Gasteiger partial charge is 0.384 e. The van der Waals surface area contributed by atoms with Crippen LogP contribution in [0.15, 0.2) is 35.9 Å². The lowest BCUT2D eigenvalue weighted by Gasteiger charge is -2.33.